The number of nitrogens with one attached hydrogen (secondary N) is 1. The van der Waals surface area contributed by atoms with Gasteiger partial charge in [0.1, 0.15) is 12.4 Å². The van der Waals surface area contributed by atoms with Crippen LogP contribution in [0.15, 0.2) is 18.2 Å². The van der Waals surface area contributed by atoms with Gasteiger partial charge < -0.3 is 15.0 Å². The molecule has 1 aliphatic rings. The molecule has 0 amide bonds. The first-order chi connectivity index (χ1) is 9.56. The van der Waals surface area contributed by atoms with Gasteiger partial charge in [-0.2, -0.15) is 0 Å². The second-order valence-corrected chi connectivity index (χ2v) is 5.82. The summed E-state index contributed by atoms with van der Waals surface area (Å²) in [6, 6.07) is 5.27. The predicted octanol–water partition coefficient (Wildman–Crippen LogP) is 2.22. The summed E-state index contributed by atoms with van der Waals surface area (Å²) in [5, 5.41) is 3.96. The monoisotopic (exact) mass is 296 g/mol. The molecule has 110 valence electrons. The van der Waals surface area contributed by atoms with Gasteiger partial charge in [0.05, 0.1) is 5.56 Å². The van der Waals surface area contributed by atoms with Crippen LogP contribution in [0.2, 0.25) is 5.02 Å². The van der Waals surface area contributed by atoms with Crippen LogP contribution in [-0.2, 0) is 0 Å². The molecule has 0 saturated carbocycles. The molecule has 1 N–H and O–H groups in total. The second-order valence-electron chi connectivity index (χ2n) is 5.39. The fraction of sp³-hybridized carbons (Fsp3) is 0.533. The van der Waals surface area contributed by atoms with E-state index in [9.17, 15) is 4.79 Å². The van der Waals surface area contributed by atoms with Gasteiger partial charge in [0, 0.05) is 17.5 Å². The number of benzene rings is 1. The number of fused-ring (bicyclic) bond motifs is 1. The first-order valence-electron chi connectivity index (χ1n) is 6.90. The van der Waals surface area contributed by atoms with E-state index in [1.165, 1.54) is 0 Å². The standard InChI is InChI=1S/C15H21ClN2O2/c1-18(2)7-3-6-17-12-9-14(19)13-8-11(16)4-5-15(13)20-10-12/h4-5,8,12,17H,3,6-7,9-10H2,1-2H3. The van der Waals surface area contributed by atoms with Crippen LogP contribution in [0.5, 0.6) is 5.75 Å². The first kappa shape index (κ1) is 15.3. The maximum absolute atomic E-state index is 12.2. The average Bonchev–Trinajstić information content (AvgIpc) is 2.55. The molecule has 20 heavy (non-hydrogen) atoms. The van der Waals surface area contributed by atoms with Gasteiger partial charge in [0.25, 0.3) is 0 Å². The molecule has 1 aromatic rings. The predicted molar refractivity (Wildman–Crippen MR) is 80.9 cm³/mol. The minimum absolute atomic E-state index is 0.0656. The van der Waals surface area contributed by atoms with Crippen LogP contribution in [0.1, 0.15) is 23.2 Å². The van der Waals surface area contributed by atoms with Crippen molar-refractivity contribution >= 4 is 17.4 Å². The Bertz CT molecular complexity index is 477. The molecule has 0 bridgehead atoms. The Morgan fingerprint density at radius 2 is 2.25 bits per heavy atom. The number of rotatable bonds is 5. The molecular formula is C15H21ClN2O2. The molecule has 1 aromatic carbocycles. The van der Waals surface area contributed by atoms with E-state index in [4.69, 9.17) is 16.3 Å². The van der Waals surface area contributed by atoms with Gasteiger partial charge in [-0.25, -0.2) is 0 Å². The summed E-state index contributed by atoms with van der Waals surface area (Å²) in [5.41, 5.74) is 0.593. The summed E-state index contributed by atoms with van der Waals surface area (Å²) >= 11 is 5.94. The lowest BCUT2D eigenvalue weighted by Crippen LogP contribution is -2.36. The van der Waals surface area contributed by atoms with Crippen LogP contribution in [-0.4, -0.2) is 50.5 Å². The summed E-state index contributed by atoms with van der Waals surface area (Å²) < 4.78 is 5.71. The lowest BCUT2D eigenvalue weighted by Gasteiger charge is -2.16. The molecule has 1 heterocycles. The van der Waals surface area contributed by atoms with E-state index >= 15 is 0 Å². The van der Waals surface area contributed by atoms with E-state index in [-0.39, 0.29) is 11.8 Å². The zero-order chi connectivity index (χ0) is 14.5. The highest BCUT2D eigenvalue weighted by atomic mass is 35.5. The Morgan fingerprint density at radius 1 is 1.45 bits per heavy atom. The quantitative estimate of drug-likeness (QED) is 0.846. The van der Waals surface area contributed by atoms with Crippen molar-refractivity contribution in [3.63, 3.8) is 0 Å². The molecule has 0 saturated heterocycles. The molecule has 0 spiro atoms. The van der Waals surface area contributed by atoms with Crippen molar-refractivity contribution in [2.75, 3.05) is 33.8 Å². The molecule has 5 heteroatoms. The molecule has 0 aromatic heterocycles. The number of hydrogen-bond donors (Lipinski definition) is 1. The fourth-order valence-corrected chi connectivity index (χ4v) is 2.43. The number of carbonyl (C=O) groups is 1. The van der Waals surface area contributed by atoms with E-state index < -0.39 is 0 Å². The maximum atomic E-state index is 12.2. The molecular weight excluding hydrogens is 276 g/mol. The Labute approximate surface area is 125 Å². The van der Waals surface area contributed by atoms with Gasteiger partial charge in [-0.1, -0.05) is 11.6 Å². The third kappa shape index (κ3) is 4.20. The largest absolute Gasteiger partial charge is 0.491 e. The average molecular weight is 297 g/mol. The Balaban J connectivity index is 1.90. The number of halogens is 1. The van der Waals surface area contributed by atoms with Crippen LogP contribution in [0.4, 0.5) is 0 Å². The van der Waals surface area contributed by atoms with Crippen LogP contribution >= 0.6 is 11.6 Å². The summed E-state index contributed by atoms with van der Waals surface area (Å²) in [6.45, 7) is 2.43. The van der Waals surface area contributed by atoms with Gasteiger partial charge in [-0.05, 0) is 51.8 Å². The van der Waals surface area contributed by atoms with E-state index in [2.05, 4.69) is 24.3 Å². The van der Waals surface area contributed by atoms with Crippen LogP contribution in [0.3, 0.4) is 0 Å². The molecule has 0 aliphatic carbocycles. The number of ether oxygens (including phenoxy) is 1. The van der Waals surface area contributed by atoms with E-state index in [0.717, 1.165) is 19.5 Å². The zero-order valence-corrected chi connectivity index (χ0v) is 12.7. The smallest absolute Gasteiger partial charge is 0.168 e. The minimum atomic E-state index is 0.0656. The van der Waals surface area contributed by atoms with Gasteiger partial charge in [-0.3, -0.25) is 4.79 Å². The summed E-state index contributed by atoms with van der Waals surface area (Å²) in [5.74, 6) is 0.724. The molecule has 0 radical (unpaired) electrons. The van der Waals surface area contributed by atoms with Crippen LogP contribution in [0, 0.1) is 0 Å². The SMILES string of the molecule is CN(C)CCCNC1COc2ccc(Cl)cc2C(=O)C1. The molecule has 4 nitrogen and oxygen atoms in total. The van der Waals surface area contributed by atoms with Gasteiger partial charge in [0.2, 0.25) is 0 Å². The highest BCUT2D eigenvalue weighted by Gasteiger charge is 2.23. The zero-order valence-electron chi connectivity index (χ0n) is 12.0. The van der Waals surface area contributed by atoms with E-state index in [0.29, 0.717) is 29.4 Å². The Morgan fingerprint density at radius 3 is 3.00 bits per heavy atom. The number of nitrogens with zero attached hydrogens (tertiary/aromatic N) is 1. The lowest BCUT2D eigenvalue weighted by atomic mass is 10.0. The van der Waals surface area contributed by atoms with Crippen molar-refractivity contribution < 1.29 is 9.53 Å². The normalized spacial score (nSPS) is 18.6. The minimum Gasteiger partial charge on any atom is -0.491 e. The van der Waals surface area contributed by atoms with Crippen molar-refractivity contribution in [3.05, 3.63) is 28.8 Å². The van der Waals surface area contributed by atoms with Gasteiger partial charge in [0.15, 0.2) is 5.78 Å². The van der Waals surface area contributed by atoms with E-state index in [1.54, 1.807) is 18.2 Å². The fourth-order valence-electron chi connectivity index (χ4n) is 2.26. The van der Waals surface area contributed by atoms with Crippen LogP contribution in [0.25, 0.3) is 0 Å². The number of hydrogen-bond acceptors (Lipinski definition) is 4. The maximum Gasteiger partial charge on any atom is 0.168 e. The topological polar surface area (TPSA) is 41.6 Å². The highest BCUT2D eigenvalue weighted by Crippen LogP contribution is 2.27. The summed E-state index contributed by atoms with van der Waals surface area (Å²) in [4.78, 5) is 14.4. The molecule has 1 aliphatic heterocycles. The molecule has 1 unspecified atom stereocenters. The van der Waals surface area contributed by atoms with Gasteiger partial charge in [-0.15, -0.1) is 0 Å². The van der Waals surface area contributed by atoms with Gasteiger partial charge >= 0.3 is 0 Å². The lowest BCUT2D eigenvalue weighted by molar-refractivity contribution is 0.0971. The third-order valence-corrected chi connectivity index (χ3v) is 3.56. The van der Waals surface area contributed by atoms with Crippen molar-refractivity contribution in [2.24, 2.45) is 0 Å². The second kappa shape index (κ2) is 7.07. The summed E-state index contributed by atoms with van der Waals surface area (Å²) in [6.07, 6.45) is 1.51. The first-order valence-corrected chi connectivity index (χ1v) is 7.27. The number of Topliss-reactive ketones (excluding diaryl/α,β-unsaturated/α-hetero) is 1. The third-order valence-electron chi connectivity index (χ3n) is 3.33. The van der Waals surface area contributed by atoms with E-state index in [1.807, 2.05) is 0 Å². The van der Waals surface area contributed by atoms with Crippen molar-refractivity contribution in [3.8, 4) is 5.75 Å². The Kier molecular flexibility index (Phi) is 5.40. The Hall–Kier alpha value is -1.10. The molecule has 2 rings (SSSR count). The molecule has 0 fully saturated rings. The number of ketones is 1. The molecule has 1 atom stereocenters. The van der Waals surface area contributed by atoms with Crippen molar-refractivity contribution in [1.82, 2.24) is 10.2 Å². The van der Waals surface area contributed by atoms with Crippen LogP contribution < -0.4 is 10.1 Å². The highest BCUT2D eigenvalue weighted by molar-refractivity contribution is 6.31. The van der Waals surface area contributed by atoms with Crippen molar-refractivity contribution in [1.29, 1.82) is 0 Å². The van der Waals surface area contributed by atoms with Crippen molar-refractivity contribution in [2.45, 2.75) is 18.9 Å². The summed E-state index contributed by atoms with van der Waals surface area (Å²) in [7, 11) is 4.11. The number of carbonyl (C=O) groups excluding carboxylic acids is 1.